The molecule has 34 heavy (non-hydrogen) atoms. The second-order valence-corrected chi connectivity index (χ2v) is 10.1. The first-order valence-electron chi connectivity index (χ1n) is 10.6. The van der Waals surface area contributed by atoms with E-state index in [1.807, 2.05) is 32.0 Å². The summed E-state index contributed by atoms with van der Waals surface area (Å²) in [6.07, 6.45) is 0. The molecule has 2 N–H and O–H groups in total. The summed E-state index contributed by atoms with van der Waals surface area (Å²) >= 11 is 0. The summed E-state index contributed by atoms with van der Waals surface area (Å²) in [6.45, 7) is 7.32. The van der Waals surface area contributed by atoms with Crippen LogP contribution in [0.25, 0.3) is 21.9 Å². The van der Waals surface area contributed by atoms with Gasteiger partial charge in [0.15, 0.2) is 0 Å². The Kier molecular flexibility index (Phi) is 5.91. The summed E-state index contributed by atoms with van der Waals surface area (Å²) in [7, 11) is -3.96. The molecule has 174 valence electrons. The summed E-state index contributed by atoms with van der Waals surface area (Å²) in [4.78, 5) is 11.7. The van der Waals surface area contributed by atoms with Crippen molar-refractivity contribution in [3.63, 3.8) is 0 Å². The van der Waals surface area contributed by atoms with Gasteiger partial charge in [-0.2, -0.15) is 0 Å². The Morgan fingerprint density at radius 2 is 1.47 bits per heavy atom. The Bertz CT molecular complexity index is 1550. The number of aryl methyl sites for hydroxylation is 2. The van der Waals surface area contributed by atoms with E-state index in [4.69, 9.17) is 0 Å². The Hall–Kier alpha value is -3.71. The van der Waals surface area contributed by atoms with Crippen LogP contribution in [0, 0.1) is 33.5 Å². The fourth-order valence-electron chi connectivity index (χ4n) is 4.22. The summed E-state index contributed by atoms with van der Waals surface area (Å²) in [5, 5.41) is 10.7. The molecule has 0 fully saturated rings. The lowest BCUT2D eigenvalue weighted by Gasteiger charge is -2.18. The lowest BCUT2D eigenvalue weighted by molar-refractivity contribution is 0.0696. The van der Waals surface area contributed by atoms with Crippen molar-refractivity contribution in [1.29, 1.82) is 0 Å². The first-order valence-corrected chi connectivity index (χ1v) is 12.1. The number of halogens is 1. The quantitative estimate of drug-likeness (QED) is 0.349. The van der Waals surface area contributed by atoms with Crippen LogP contribution in [0.5, 0.6) is 0 Å². The number of carboxylic acids is 1. The molecule has 0 radical (unpaired) electrons. The molecular weight excluding hydrogens is 453 g/mol. The van der Waals surface area contributed by atoms with Crippen LogP contribution in [0.2, 0.25) is 0 Å². The first-order chi connectivity index (χ1) is 16.0. The molecule has 0 aliphatic heterocycles. The van der Waals surface area contributed by atoms with E-state index in [0.29, 0.717) is 33.3 Å². The highest BCUT2D eigenvalue weighted by Crippen LogP contribution is 2.35. The molecule has 5 nitrogen and oxygen atoms in total. The molecule has 0 bridgehead atoms. The number of nitrogens with one attached hydrogen (secondary N) is 1. The standard InChI is InChI=1S/C27H24FNO4S/c1-15-9-16(2)18(4)26(17(15)3)34(32,33)29-25-14-21(10-19-7-5-6-8-24(19)25)20-11-22(27(30)31)13-23(28)12-20/h5-14,29H,1-4H3,(H,30,31). The number of rotatable bonds is 5. The predicted molar refractivity (Wildman–Crippen MR) is 132 cm³/mol. The van der Waals surface area contributed by atoms with Gasteiger partial charge in [0.05, 0.1) is 16.1 Å². The van der Waals surface area contributed by atoms with E-state index >= 15 is 0 Å². The van der Waals surface area contributed by atoms with Crippen molar-refractivity contribution in [3.05, 3.63) is 94.3 Å². The molecule has 0 amide bonds. The van der Waals surface area contributed by atoms with Gasteiger partial charge in [-0.05, 0) is 96.8 Å². The zero-order chi connectivity index (χ0) is 24.8. The highest BCUT2D eigenvalue weighted by molar-refractivity contribution is 7.92. The van der Waals surface area contributed by atoms with Gasteiger partial charge >= 0.3 is 5.97 Å². The van der Waals surface area contributed by atoms with Crippen LogP contribution in [0.1, 0.15) is 32.6 Å². The third kappa shape index (κ3) is 4.26. The van der Waals surface area contributed by atoms with Crippen LogP contribution >= 0.6 is 0 Å². The molecule has 0 aliphatic rings. The second kappa shape index (κ2) is 8.57. The monoisotopic (exact) mass is 477 g/mol. The maximum atomic E-state index is 14.2. The molecule has 4 aromatic rings. The van der Waals surface area contributed by atoms with E-state index in [1.165, 1.54) is 12.1 Å². The molecule has 0 heterocycles. The van der Waals surface area contributed by atoms with E-state index in [1.54, 1.807) is 38.1 Å². The topological polar surface area (TPSA) is 83.5 Å². The summed E-state index contributed by atoms with van der Waals surface area (Å²) in [5.74, 6) is -1.94. The van der Waals surface area contributed by atoms with E-state index < -0.39 is 21.8 Å². The SMILES string of the molecule is Cc1cc(C)c(C)c(S(=O)(=O)Nc2cc(-c3cc(F)cc(C(=O)O)c3)cc3ccccc23)c1C. The number of carbonyl (C=O) groups is 1. The second-order valence-electron chi connectivity index (χ2n) is 8.47. The molecule has 0 aliphatic carbocycles. The van der Waals surface area contributed by atoms with Crippen LogP contribution in [0.4, 0.5) is 10.1 Å². The maximum absolute atomic E-state index is 14.2. The highest BCUT2D eigenvalue weighted by Gasteiger charge is 2.23. The average Bonchev–Trinajstić information content (AvgIpc) is 2.77. The molecular formula is C27H24FNO4S. The van der Waals surface area contributed by atoms with Crippen LogP contribution < -0.4 is 4.72 Å². The number of hydrogen-bond donors (Lipinski definition) is 2. The molecule has 0 spiro atoms. The normalized spacial score (nSPS) is 11.6. The summed E-state index contributed by atoms with van der Waals surface area (Å²) in [5.41, 5.74) is 4.07. The molecule has 0 atom stereocenters. The zero-order valence-corrected chi connectivity index (χ0v) is 20.0. The van der Waals surface area contributed by atoms with Gasteiger partial charge in [0.2, 0.25) is 0 Å². The van der Waals surface area contributed by atoms with Crippen molar-refractivity contribution in [2.75, 3.05) is 4.72 Å². The van der Waals surface area contributed by atoms with Crippen molar-refractivity contribution in [2.45, 2.75) is 32.6 Å². The van der Waals surface area contributed by atoms with Crippen molar-refractivity contribution in [3.8, 4) is 11.1 Å². The molecule has 0 saturated heterocycles. The van der Waals surface area contributed by atoms with Gasteiger partial charge in [-0.15, -0.1) is 0 Å². The third-order valence-electron chi connectivity index (χ3n) is 6.15. The van der Waals surface area contributed by atoms with Crippen molar-refractivity contribution >= 4 is 32.5 Å². The number of hydrogen-bond acceptors (Lipinski definition) is 3. The van der Waals surface area contributed by atoms with Gasteiger partial charge in [0, 0.05) is 5.39 Å². The van der Waals surface area contributed by atoms with Crippen LogP contribution in [-0.4, -0.2) is 19.5 Å². The molecule has 4 aromatic carbocycles. The van der Waals surface area contributed by atoms with Crippen molar-refractivity contribution in [2.24, 2.45) is 0 Å². The number of sulfonamides is 1. The van der Waals surface area contributed by atoms with Crippen molar-refractivity contribution < 1.29 is 22.7 Å². The number of aromatic carboxylic acids is 1. The summed E-state index contributed by atoms with van der Waals surface area (Å²) < 4.78 is 44.1. The zero-order valence-electron chi connectivity index (χ0n) is 19.2. The lowest BCUT2D eigenvalue weighted by Crippen LogP contribution is -2.17. The minimum Gasteiger partial charge on any atom is -0.478 e. The van der Waals surface area contributed by atoms with Gasteiger partial charge in [-0.1, -0.05) is 30.3 Å². The third-order valence-corrected chi connectivity index (χ3v) is 7.79. The van der Waals surface area contributed by atoms with Crippen LogP contribution in [-0.2, 0) is 10.0 Å². The van der Waals surface area contributed by atoms with E-state index in [2.05, 4.69) is 4.72 Å². The first kappa shape index (κ1) is 23.4. The number of fused-ring (bicyclic) bond motifs is 1. The highest BCUT2D eigenvalue weighted by atomic mass is 32.2. The lowest BCUT2D eigenvalue weighted by atomic mass is 9.98. The van der Waals surface area contributed by atoms with E-state index in [9.17, 15) is 22.7 Å². The van der Waals surface area contributed by atoms with E-state index in [-0.39, 0.29) is 10.5 Å². The Balaban J connectivity index is 1.92. The minimum absolute atomic E-state index is 0.188. The van der Waals surface area contributed by atoms with Gasteiger partial charge in [-0.3, -0.25) is 4.72 Å². The van der Waals surface area contributed by atoms with Gasteiger partial charge in [0.1, 0.15) is 5.82 Å². The molecule has 0 saturated carbocycles. The van der Waals surface area contributed by atoms with Crippen molar-refractivity contribution in [1.82, 2.24) is 0 Å². The number of carboxylic acid groups (broad SMARTS) is 1. The Morgan fingerprint density at radius 3 is 2.12 bits per heavy atom. The largest absolute Gasteiger partial charge is 0.478 e. The maximum Gasteiger partial charge on any atom is 0.335 e. The minimum atomic E-state index is -3.96. The summed E-state index contributed by atoms with van der Waals surface area (Å²) in [6, 6.07) is 16.1. The fourth-order valence-corrected chi connectivity index (χ4v) is 5.91. The Labute approximate surface area is 197 Å². The molecule has 0 unspecified atom stereocenters. The molecule has 7 heteroatoms. The van der Waals surface area contributed by atoms with Gasteiger partial charge in [0.25, 0.3) is 10.0 Å². The van der Waals surface area contributed by atoms with Crippen LogP contribution in [0.15, 0.2) is 65.6 Å². The van der Waals surface area contributed by atoms with E-state index in [0.717, 1.165) is 22.6 Å². The Morgan fingerprint density at radius 1 is 0.853 bits per heavy atom. The fraction of sp³-hybridized carbons (Fsp3) is 0.148. The smallest absolute Gasteiger partial charge is 0.335 e. The predicted octanol–water partition coefficient (Wildman–Crippen LogP) is 6.38. The van der Waals surface area contributed by atoms with Gasteiger partial charge < -0.3 is 5.11 Å². The molecule has 0 aromatic heterocycles. The number of benzene rings is 4. The van der Waals surface area contributed by atoms with Crippen LogP contribution in [0.3, 0.4) is 0 Å². The average molecular weight is 478 g/mol. The van der Waals surface area contributed by atoms with Gasteiger partial charge in [-0.25, -0.2) is 17.6 Å². The molecule has 4 rings (SSSR count). The number of anilines is 1.